The van der Waals surface area contributed by atoms with Crippen molar-refractivity contribution in [2.24, 2.45) is 5.92 Å². The normalized spacial score (nSPS) is 16.0. The molecule has 1 saturated heterocycles. The predicted octanol–water partition coefficient (Wildman–Crippen LogP) is 1.03. The number of likely N-dealkylation sites (N-methyl/N-ethyl adjacent to an activating group) is 1. The van der Waals surface area contributed by atoms with Crippen molar-refractivity contribution in [3.05, 3.63) is 29.8 Å². The molecule has 3 amide bonds. The van der Waals surface area contributed by atoms with Crippen LogP contribution in [0.4, 0.5) is 0 Å². The summed E-state index contributed by atoms with van der Waals surface area (Å²) in [6.07, 6.45) is 0. The number of carbonyl (C=O) groups excluding carboxylic acids is 3. The van der Waals surface area contributed by atoms with Gasteiger partial charge in [-0.1, -0.05) is 26.0 Å². The van der Waals surface area contributed by atoms with Gasteiger partial charge < -0.3 is 19.9 Å². The van der Waals surface area contributed by atoms with Crippen LogP contribution < -0.4 is 10.1 Å². The first kappa shape index (κ1) is 19.8. The lowest BCUT2D eigenvalue weighted by atomic mass is 10.00. The maximum absolute atomic E-state index is 12.7. The van der Waals surface area contributed by atoms with Crippen molar-refractivity contribution in [1.82, 2.24) is 15.1 Å². The number of nitrogens with zero attached hydrogens (tertiary/aromatic N) is 2. The highest BCUT2D eigenvalue weighted by Crippen LogP contribution is 2.16. The molecule has 0 aromatic heterocycles. The Kier molecular flexibility index (Phi) is 6.60. The Hall–Kier alpha value is -2.57. The maximum Gasteiger partial charge on any atom is 0.312 e. The smallest absolute Gasteiger partial charge is 0.312 e. The minimum absolute atomic E-state index is 0.101. The fourth-order valence-electron chi connectivity index (χ4n) is 2.98. The number of hydrogen-bond acceptors (Lipinski definition) is 4. The quantitative estimate of drug-likeness (QED) is 0.736. The maximum atomic E-state index is 12.7. The zero-order valence-corrected chi connectivity index (χ0v) is 15.8. The zero-order valence-electron chi connectivity index (χ0n) is 15.8. The lowest BCUT2D eigenvalue weighted by Crippen LogP contribution is -2.60. The molecule has 1 fully saturated rings. The molecular formula is C19H27N3O4. The SMILES string of the molecule is CCOc1ccc(CNC(=O)C(C(C)C)N2CCN(C)C(=O)C2=O)cc1. The van der Waals surface area contributed by atoms with Crippen molar-refractivity contribution < 1.29 is 19.1 Å². The molecule has 142 valence electrons. The van der Waals surface area contributed by atoms with E-state index in [0.29, 0.717) is 26.2 Å². The molecule has 0 aliphatic carbocycles. The minimum atomic E-state index is -0.664. The number of hydrogen-bond donors (Lipinski definition) is 1. The molecule has 1 unspecified atom stereocenters. The Morgan fingerprint density at radius 3 is 2.38 bits per heavy atom. The molecule has 0 saturated carbocycles. The standard InChI is InChI=1S/C19H27N3O4/c1-5-26-15-8-6-14(7-9-15)12-20-17(23)16(13(2)3)22-11-10-21(4)18(24)19(22)25/h6-9,13,16H,5,10-12H2,1-4H3,(H,20,23). The molecule has 1 atom stereocenters. The first-order valence-corrected chi connectivity index (χ1v) is 8.90. The van der Waals surface area contributed by atoms with E-state index in [-0.39, 0.29) is 11.8 Å². The van der Waals surface area contributed by atoms with Crippen LogP contribution in [0.3, 0.4) is 0 Å². The van der Waals surface area contributed by atoms with Crippen molar-refractivity contribution in [1.29, 1.82) is 0 Å². The van der Waals surface area contributed by atoms with Crippen molar-refractivity contribution in [2.75, 3.05) is 26.7 Å². The van der Waals surface area contributed by atoms with Crippen LogP contribution in [0.15, 0.2) is 24.3 Å². The summed E-state index contributed by atoms with van der Waals surface area (Å²) in [7, 11) is 1.59. The molecule has 1 aromatic carbocycles. The molecule has 7 heteroatoms. The Labute approximate surface area is 154 Å². The Morgan fingerprint density at radius 2 is 1.81 bits per heavy atom. The third kappa shape index (κ3) is 4.53. The highest BCUT2D eigenvalue weighted by Gasteiger charge is 2.39. The molecule has 1 aliphatic rings. The lowest BCUT2D eigenvalue weighted by Gasteiger charge is -2.38. The van der Waals surface area contributed by atoms with E-state index in [1.807, 2.05) is 45.0 Å². The summed E-state index contributed by atoms with van der Waals surface area (Å²) in [5.74, 6) is -0.755. The predicted molar refractivity (Wildman–Crippen MR) is 97.4 cm³/mol. The van der Waals surface area contributed by atoms with Gasteiger partial charge >= 0.3 is 11.8 Å². The average molecular weight is 361 g/mol. The second-order valence-electron chi connectivity index (χ2n) is 6.71. The van der Waals surface area contributed by atoms with E-state index in [4.69, 9.17) is 4.74 Å². The van der Waals surface area contributed by atoms with Gasteiger partial charge in [0.05, 0.1) is 6.61 Å². The molecule has 2 rings (SSSR count). The van der Waals surface area contributed by atoms with Crippen LogP contribution in [0.25, 0.3) is 0 Å². The molecule has 26 heavy (non-hydrogen) atoms. The molecular weight excluding hydrogens is 334 g/mol. The Bertz CT molecular complexity index is 657. The second kappa shape index (κ2) is 8.69. The molecule has 1 heterocycles. The first-order chi connectivity index (χ1) is 12.3. The number of piperazine rings is 1. The molecule has 0 radical (unpaired) electrons. The van der Waals surface area contributed by atoms with E-state index in [2.05, 4.69) is 5.32 Å². The van der Waals surface area contributed by atoms with Crippen LogP contribution in [0, 0.1) is 5.92 Å². The summed E-state index contributed by atoms with van der Waals surface area (Å²) in [6.45, 7) is 7.41. The van der Waals surface area contributed by atoms with Crippen LogP contribution in [0.2, 0.25) is 0 Å². The number of rotatable bonds is 7. The summed E-state index contributed by atoms with van der Waals surface area (Å²) < 4.78 is 5.40. The van der Waals surface area contributed by atoms with Gasteiger partial charge in [-0.3, -0.25) is 14.4 Å². The van der Waals surface area contributed by atoms with Gasteiger partial charge in [0.15, 0.2) is 0 Å². The summed E-state index contributed by atoms with van der Waals surface area (Å²) in [4.78, 5) is 39.7. The van der Waals surface area contributed by atoms with Crippen molar-refractivity contribution in [2.45, 2.75) is 33.4 Å². The monoisotopic (exact) mass is 361 g/mol. The fraction of sp³-hybridized carbons (Fsp3) is 0.526. The highest BCUT2D eigenvalue weighted by atomic mass is 16.5. The molecule has 7 nitrogen and oxygen atoms in total. The van der Waals surface area contributed by atoms with Gasteiger partial charge in [0.1, 0.15) is 11.8 Å². The fourth-order valence-corrected chi connectivity index (χ4v) is 2.98. The minimum Gasteiger partial charge on any atom is -0.494 e. The lowest BCUT2D eigenvalue weighted by molar-refractivity contribution is -0.159. The number of benzene rings is 1. The Morgan fingerprint density at radius 1 is 1.15 bits per heavy atom. The first-order valence-electron chi connectivity index (χ1n) is 8.90. The molecule has 1 N–H and O–H groups in total. The molecule has 0 spiro atoms. The highest BCUT2D eigenvalue weighted by molar-refractivity contribution is 6.35. The molecule has 1 aromatic rings. The van der Waals surface area contributed by atoms with Gasteiger partial charge in [-0.05, 0) is 30.5 Å². The third-order valence-corrected chi connectivity index (χ3v) is 4.40. The summed E-state index contributed by atoms with van der Waals surface area (Å²) >= 11 is 0. The zero-order chi connectivity index (χ0) is 19.3. The van der Waals surface area contributed by atoms with Gasteiger partial charge in [0, 0.05) is 26.7 Å². The van der Waals surface area contributed by atoms with Gasteiger partial charge in [-0.2, -0.15) is 0 Å². The van der Waals surface area contributed by atoms with Crippen LogP contribution in [-0.4, -0.2) is 60.3 Å². The van der Waals surface area contributed by atoms with Crippen molar-refractivity contribution in [3.8, 4) is 5.75 Å². The van der Waals surface area contributed by atoms with E-state index >= 15 is 0 Å². The van der Waals surface area contributed by atoms with Gasteiger partial charge in [-0.25, -0.2) is 0 Å². The van der Waals surface area contributed by atoms with Gasteiger partial charge in [0.25, 0.3) is 0 Å². The summed E-state index contributed by atoms with van der Waals surface area (Å²) in [5, 5.41) is 2.88. The number of amides is 3. The van der Waals surface area contributed by atoms with E-state index in [1.165, 1.54) is 9.80 Å². The van der Waals surface area contributed by atoms with E-state index < -0.39 is 17.9 Å². The number of nitrogens with one attached hydrogen (secondary N) is 1. The second-order valence-corrected chi connectivity index (χ2v) is 6.71. The largest absolute Gasteiger partial charge is 0.494 e. The van der Waals surface area contributed by atoms with Crippen LogP contribution in [-0.2, 0) is 20.9 Å². The summed E-state index contributed by atoms with van der Waals surface area (Å²) in [5.41, 5.74) is 0.935. The van der Waals surface area contributed by atoms with Gasteiger partial charge in [0.2, 0.25) is 5.91 Å². The molecule has 0 bridgehead atoms. The van der Waals surface area contributed by atoms with E-state index in [1.54, 1.807) is 7.05 Å². The van der Waals surface area contributed by atoms with Crippen molar-refractivity contribution >= 4 is 17.7 Å². The number of carbonyl (C=O) groups is 3. The summed E-state index contributed by atoms with van der Waals surface area (Å²) in [6, 6.07) is 6.82. The van der Waals surface area contributed by atoms with Crippen LogP contribution >= 0.6 is 0 Å². The third-order valence-electron chi connectivity index (χ3n) is 4.40. The van der Waals surface area contributed by atoms with Gasteiger partial charge in [-0.15, -0.1) is 0 Å². The van der Waals surface area contributed by atoms with Crippen molar-refractivity contribution in [3.63, 3.8) is 0 Å². The van der Waals surface area contributed by atoms with Crippen LogP contribution in [0.1, 0.15) is 26.3 Å². The Balaban J connectivity index is 2.02. The van der Waals surface area contributed by atoms with E-state index in [0.717, 1.165) is 11.3 Å². The molecule has 1 aliphatic heterocycles. The number of ether oxygens (including phenoxy) is 1. The van der Waals surface area contributed by atoms with E-state index in [9.17, 15) is 14.4 Å². The topological polar surface area (TPSA) is 79.0 Å². The van der Waals surface area contributed by atoms with Crippen LogP contribution in [0.5, 0.6) is 5.75 Å². The average Bonchev–Trinajstić information content (AvgIpc) is 2.61.